The Morgan fingerprint density at radius 2 is 2.35 bits per heavy atom. The molecule has 0 aromatic carbocycles. The Morgan fingerprint density at radius 3 is 3.06 bits per heavy atom. The van der Waals surface area contributed by atoms with Gasteiger partial charge in [0.1, 0.15) is 0 Å². The van der Waals surface area contributed by atoms with Gasteiger partial charge in [-0.3, -0.25) is 9.58 Å². The van der Waals surface area contributed by atoms with Gasteiger partial charge in [-0.15, -0.1) is 0 Å². The third-order valence-electron chi connectivity index (χ3n) is 3.68. The molecule has 4 nitrogen and oxygen atoms in total. The first-order valence-corrected chi connectivity index (χ1v) is 6.69. The van der Waals surface area contributed by atoms with Crippen molar-refractivity contribution in [2.24, 2.45) is 11.7 Å². The fourth-order valence-corrected chi connectivity index (χ4v) is 2.53. The van der Waals surface area contributed by atoms with Crippen LogP contribution < -0.4 is 5.73 Å². The number of hydrogen-bond acceptors (Lipinski definition) is 3. The van der Waals surface area contributed by atoms with Crippen molar-refractivity contribution in [3.8, 4) is 0 Å². The van der Waals surface area contributed by atoms with E-state index in [0.29, 0.717) is 12.0 Å². The van der Waals surface area contributed by atoms with Gasteiger partial charge in [0, 0.05) is 38.4 Å². The molecule has 1 fully saturated rings. The van der Waals surface area contributed by atoms with Crippen LogP contribution in [0.2, 0.25) is 0 Å². The third kappa shape index (κ3) is 3.07. The van der Waals surface area contributed by atoms with Crippen molar-refractivity contribution in [2.75, 3.05) is 13.1 Å². The van der Waals surface area contributed by atoms with E-state index >= 15 is 0 Å². The predicted octanol–water partition coefficient (Wildman–Crippen LogP) is 1.46. The second-order valence-electron chi connectivity index (χ2n) is 5.21. The summed E-state index contributed by atoms with van der Waals surface area (Å²) in [5.74, 6) is 0.603. The smallest absolute Gasteiger partial charge is 0.0524 e. The molecule has 1 aromatic heterocycles. The molecule has 4 heteroatoms. The molecule has 2 atom stereocenters. The normalized spacial score (nSPS) is 26.3. The molecular weight excluding hydrogens is 212 g/mol. The molecule has 1 saturated heterocycles. The monoisotopic (exact) mass is 236 g/mol. The van der Waals surface area contributed by atoms with Crippen molar-refractivity contribution in [3.63, 3.8) is 0 Å². The summed E-state index contributed by atoms with van der Waals surface area (Å²) in [4.78, 5) is 2.50. The molecule has 1 aromatic rings. The van der Waals surface area contributed by atoms with Crippen LogP contribution in [0.1, 0.15) is 32.4 Å². The molecule has 1 aliphatic rings. The van der Waals surface area contributed by atoms with E-state index in [4.69, 9.17) is 5.73 Å². The van der Waals surface area contributed by atoms with E-state index < -0.39 is 0 Å². The van der Waals surface area contributed by atoms with E-state index in [1.807, 2.05) is 6.20 Å². The number of hydrogen-bond donors (Lipinski definition) is 1. The van der Waals surface area contributed by atoms with E-state index in [-0.39, 0.29) is 0 Å². The summed E-state index contributed by atoms with van der Waals surface area (Å²) in [6.45, 7) is 8.69. The van der Waals surface area contributed by atoms with E-state index in [9.17, 15) is 0 Å². The number of nitrogens with two attached hydrogens (primary N) is 1. The quantitative estimate of drug-likeness (QED) is 0.861. The van der Waals surface area contributed by atoms with Crippen LogP contribution in [0.3, 0.4) is 0 Å². The summed E-state index contributed by atoms with van der Waals surface area (Å²) in [7, 11) is 0. The van der Waals surface area contributed by atoms with Crippen LogP contribution in [-0.4, -0.2) is 33.8 Å². The highest BCUT2D eigenvalue weighted by molar-refractivity contribution is 5.01. The van der Waals surface area contributed by atoms with Crippen molar-refractivity contribution in [2.45, 2.75) is 45.8 Å². The van der Waals surface area contributed by atoms with Gasteiger partial charge in [0.15, 0.2) is 0 Å². The first kappa shape index (κ1) is 12.6. The SMILES string of the molecule is CCCn1nccc1CN1CCC(N)C(C)C1. The Morgan fingerprint density at radius 1 is 1.53 bits per heavy atom. The lowest BCUT2D eigenvalue weighted by atomic mass is 9.95. The predicted molar refractivity (Wildman–Crippen MR) is 69.6 cm³/mol. The van der Waals surface area contributed by atoms with Gasteiger partial charge in [0.25, 0.3) is 0 Å². The highest BCUT2D eigenvalue weighted by Gasteiger charge is 2.23. The van der Waals surface area contributed by atoms with Crippen LogP contribution in [0.5, 0.6) is 0 Å². The average Bonchev–Trinajstić information content (AvgIpc) is 2.72. The van der Waals surface area contributed by atoms with E-state index in [1.165, 1.54) is 5.69 Å². The maximum atomic E-state index is 6.05. The van der Waals surface area contributed by atoms with Gasteiger partial charge in [-0.2, -0.15) is 5.10 Å². The van der Waals surface area contributed by atoms with Gasteiger partial charge in [-0.05, 0) is 24.8 Å². The van der Waals surface area contributed by atoms with E-state index in [2.05, 4.69) is 34.6 Å². The zero-order chi connectivity index (χ0) is 12.3. The number of rotatable bonds is 4. The molecule has 0 amide bonds. The highest BCUT2D eigenvalue weighted by Crippen LogP contribution is 2.17. The van der Waals surface area contributed by atoms with E-state index in [1.54, 1.807) is 0 Å². The van der Waals surface area contributed by atoms with E-state index in [0.717, 1.165) is 39.0 Å². The van der Waals surface area contributed by atoms with Gasteiger partial charge in [-0.1, -0.05) is 13.8 Å². The summed E-state index contributed by atoms with van der Waals surface area (Å²) in [6.07, 6.45) is 4.16. The minimum absolute atomic E-state index is 0.381. The number of piperidine rings is 1. The van der Waals surface area contributed by atoms with Crippen molar-refractivity contribution in [1.82, 2.24) is 14.7 Å². The van der Waals surface area contributed by atoms with Crippen molar-refractivity contribution in [1.29, 1.82) is 0 Å². The molecule has 0 saturated carbocycles. The minimum Gasteiger partial charge on any atom is -0.327 e. The Bertz CT molecular complexity index is 347. The van der Waals surface area contributed by atoms with Gasteiger partial charge in [0.2, 0.25) is 0 Å². The summed E-state index contributed by atoms with van der Waals surface area (Å²) in [6, 6.07) is 2.52. The lowest BCUT2D eigenvalue weighted by Crippen LogP contribution is -2.45. The number of likely N-dealkylation sites (tertiary alicyclic amines) is 1. The lowest BCUT2D eigenvalue weighted by Gasteiger charge is -2.35. The van der Waals surface area contributed by atoms with Crippen molar-refractivity contribution >= 4 is 0 Å². The molecular formula is C13H24N4. The molecule has 2 N–H and O–H groups in total. The number of aromatic nitrogens is 2. The Kier molecular flexibility index (Phi) is 4.18. The van der Waals surface area contributed by atoms with Crippen LogP contribution in [0, 0.1) is 5.92 Å². The molecule has 1 aliphatic heterocycles. The molecule has 96 valence electrons. The van der Waals surface area contributed by atoms with Crippen LogP contribution in [0.25, 0.3) is 0 Å². The van der Waals surface area contributed by atoms with Gasteiger partial charge in [0.05, 0.1) is 5.69 Å². The Labute approximate surface area is 104 Å². The zero-order valence-corrected chi connectivity index (χ0v) is 11.0. The minimum atomic E-state index is 0.381. The largest absolute Gasteiger partial charge is 0.327 e. The topological polar surface area (TPSA) is 47.1 Å². The number of nitrogens with zero attached hydrogens (tertiary/aromatic N) is 3. The Balaban J connectivity index is 1.94. The van der Waals surface area contributed by atoms with Crippen LogP contribution in [0.4, 0.5) is 0 Å². The summed E-state index contributed by atoms with van der Waals surface area (Å²) >= 11 is 0. The van der Waals surface area contributed by atoms with Gasteiger partial charge in [-0.25, -0.2) is 0 Å². The second-order valence-corrected chi connectivity index (χ2v) is 5.21. The average molecular weight is 236 g/mol. The first-order valence-electron chi connectivity index (χ1n) is 6.69. The molecule has 0 bridgehead atoms. The number of aryl methyl sites for hydroxylation is 1. The molecule has 0 radical (unpaired) electrons. The maximum absolute atomic E-state index is 6.05. The third-order valence-corrected chi connectivity index (χ3v) is 3.68. The summed E-state index contributed by atoms with van der Waals surface area (Å²) < 4.78 is 2.12. The lowest BCUT2D eigenvalue weighted by molar-refractivity contribution is 0.154. The highest BCUT2D eigenvalue weighted by atomic mass is 15.3. The van der Waals surface area contributed by atoms with Gasteiger partial charge >= 0.3 is 0 Å². The molecule has 2 heterocycles. The summed E-state index contributed by atoms with van der Waals surface area (Å²) in [5, 5.41) is 4.37. The standard InChI is InChI=1S/C13H24N4/c1-3-7-17-12(4-6-15-17)10-16-8-5-13(14)11(2)9-16/h4,6,11,13H,3,5,7-10,14H2,1-2H3. The van der Waals surface area contributed by atoms with Crippen LogP contribution >= 0.6 is 0 Å². The zero-order valence-electron chi connectivity index (χ0n) is 11.0. The molecule has 2 rings (SSSR count). The van der Waals surface area contributed by atoms with Crippen molar-refractivity contribution in [3.05, 3.63) is 18.0 Å². The van der Waals surface area contributed by atoms with Crippen LogP contribution in [-0.2, 0) is 13.1 Å². The molecule has 0 spiro atoms. The summed E-state index contributed by atoms with van der Waals surface area (Å²) in [5.41, 5.74) is 7.38. The second kappa shape index (κ2) is 5.65. The van der Waals surface area contributed by atoms with Gasteiger partial charge < -0.3 is 5.73 Å². The molecule has 17 heavy (non-hydrogen) atoms. The van der Waals surface area contributed by atoms with Crippen LogP contribution in [0.15, 0.2) is 12.3 Å². The molecule has 2 unspecified atom stereocenters. The fourth-order valence-electron chi connectivity index (χ4n) is 2.53. The fraction of sp³-hybridized carbons (Fsp3) is 0.769. The Hall–Kier alpha value is -0.870. The maximum Gasteiger partial charge on any atom is 0.0524 e. The molecule has 0 aliphatic carbocycles. The first-order chi connectivity index (χ1) is 8.20. The van der Waals surface area contributed by atoms with Crippen molar-refractivity contribution < 1.29 is 0 Å².